The molecule has 0 heterocycles. The fourth-order valence-corrected chi connectivity index (χ4v) is 0. The topological polar surface area (TPSA) is 71.4 Å². The number of nitrogens with zero attached hydrogens (tertiary/aromatic N) is 3. The summed E-state index contributed by atoms with van der Waals surface area (Å²) in [5, 5.41) is 19.3. The van der Waals surface area contributed by atoms with Crippen molar-refractivity contribution in [1.29, 1.82) is 16.0 Å². The lowest BCUT2D eigenvalue weighted by Crippen LogP contribution is -1.10. The SMILES string of the molecule is CC#N.N#N. The lowest BCUT2D eigenvalue weighted by molar-refractivity contribution is 1.15. The molecule has 0 aromatic heterocycles. The number of rotatable bonds is 0. The van der Waals surface area contributed by atoms with E-state index in [0.29, 0.717) is 0 Å². The second kappa shape index (κ2) is 1310. The third-order valence-corrected chi connectivity index (χ3v) is 0. The molecule has 0 aliphatic heterocycles. The highest BCUT2D eigenvalue weighted by molar-refractivity contribution is 4.51. The number of nitriles is 1. The van der Waals surface area contributed by atoms with Crippen LogP contribution in [0.4, 0.5) is 0 Å². The molecule has 0 saturated carbocycles. The Morgan fingerprint density at radius 3 is 1.40 bits per heavy atom. The van der Waals surface area contributed by atoms with E-state index in [4.69, 9.17) is 16.0 Å². The summed E-state index contributed by atoms with van der Waals surface area (Å²) >= 11 is 0. The predicted molar refractivity (Wildman–Crippen MR) is 14.7 cm³/mol. The Kier molecular flexibility index (Phi) is 2380. The highest BCUT2D eigenvalue weighted by Crippen LogP contribution is 1.21. The van der Waals surface area contributed by atoms with Gasteiger partial charge in [-0.1, -0.05) is 0 Å². The van der Waals surface area contributed by atoms with Crippen molar-refractivity contribution in [3.8, 4) is 6.07 Å². The molecule has 0 saturated heterocycles. The van der Waals surface area contributed by atoms with Gasteiger partial charge < -0.3 is 0 Å². The third kappa shape index (κ3) is 2.03. The first-order valence-corrected chi connectivity index (χ1v) is 0.924. The van der Waals surface area contributed by atoms with Crippen LogP contribution in [0.25, 0.3) is 0 Å². The molecule has 0 N–H and O–H groups in total. The second-order valence-electron chi connectivity index (χ2n) is 0.224. The van der Waals surface area contributed by atoms with Gasteiger partial charge in [-0.15, -0.1) is 0 Å². The molecule has 3 nitrogen and oxygen atoms in total. The molecule has 0 radical (unpaired) electrons. The molecule has 0 spiro atoms. The molecule has 0 bridgehead atoms. The van der Waals surface area contributed by atoms with Crippen LogP contribution in [0.5, 0.6) is 0 Å². The second-order valence-corrected chi connectivity index (χ2v) is 0.224. The summed E-state index contributed by atoms with van der Waals surface area (Å²) in [5.41, 5.74) is 0. The molecule has 0 aromatic rings. The van der Waals surface area contributed by atoms with E-state index in [1.165, 1.54) is 6.92 Å². The van der Waals surface area contributed by atoms with Crippen LogP contribution in [-0.4, -0.2) is 0 Å². The molecule has 0 unspecified atom stereocenters. The van der Waals surface area contributed by atoms with Gasteiger partial charge in [-0.2, -0.15) is 5.26 Å². The van der Waals surface area contributed by atoms with E-state index < -0.39 is 0 Å². The molecule has 0 aromatic carbocycles. The molecule has 0 fully saturated rings. The molecule has 0 amide bonds. The molecule has 0 aliphatic carbocycles. The van der Waals surface area contributed by atoms with Crippen LogP contribution < -0.4 is 0 Å². The first kappa shape index (κ1) is 9.08. The summed E-state index contributed by atoms with van der Waals surface area (Å²) in [7, 11) is 0. The summed E-state index contributed by atoms with van der Waals surface area (Å²) in [6.07, 6.45) is 0. The van der Waals surface area contributed by atoms with Crippen molar-refractivity contribution in [3.05, 3.63) is 0 Å². The van der Waals surface area contributed by atoms with E-state index in [9.17, 15) is 0 Å². The minimum atomic E-state index is 1.43. The van der Waals surface area contributed by atoms with Gasteiger partial charge in [0.05, 0.1) is 6.07 Å². The van der Waals surface area contributed by atoms with Crippen LogP contribution in [0.3, 0.4) is 0 Å². The Bertz CT molecular complexity index is 47.6. The zero-order valence-corrected chi connectivity index (χ0v) is 2.84. The van der Waals surface area contributed by atoms with Crippen molar-refractivity contribution in [1.82, 2.24) is 0 Å². The van der Waals surface area contributed by atoms with Gasteiger partial charge in [0.25, 0.3) is 0 Å². The summed E-state index contributed by atoms with van der Waals surface area (Å²) in [6.45, 7) is 1.43. The molecule has 26 valence electrons. The van der Waals surface area contributed by atoms with Crippen molar-refractivity contribution >= 4 is 0 Å². The Labute approximate surface area is 30.3 Å². The quantitative estimate of drug-likeness (QED) is 0.390. The largest absolute Gasteiger partial charge is 0.199 e. The maximum Gasteiger partial charge on any atom is 0.0587 e. The zero-order chi connectivity index (χ0) is 4.71. The average Bonchev–Trinajstić information content (AvgIpc) is 1.46. The fraction of sp³-hybridized carbons (Fsp3) is 0.500. The summed E-state index contributed by atoms with van der Waals surface area (Å²) in [4.78, 5) is 0. The first-order chi connectivity index (χ1) is 2.41. The third-order valence-electron chi connectivity index (χ3n) is 0. The molecular weight excluding hydrogens is 66.0 g/mol. The molecule has 0 aliphatic rings. The predicted octanol–water partition coefficient (Wildman–Crippen LogP) is 0.560. The van der Waals surface area contributed by atoms with E-state index in [2.05, 4.69) is 0 Å². The lowest BCUT2D eigenvalue weighted by atomic mass is 11.0. The van der Waals surface area contributed by atoms with Crippen LogP contribution in [0.15, 0.2) is 0 Å². The van der Waals surface area contributed by atoms with Crippen molar-refractivity contribution in [2.45, 2.75) is 6.92 Å². The minimum absolute atomic E-state index is 1.43. The minimum Gasteiger partial charge on any atom is -0.199 e. The van der Waals surface area contributed by atoms with Crippen LogP contribution in [0.1, 0.15) is 6.92 Å². The Morgan fingerprint density at radius 1 is 1.40 bits per heavy atom. The van der Waals surface area contributed by atoms with Crippen LogP contribution >= 0.6 is 0 Å². The smallest absolute Gasteiger partial charge is 0.0587 e. The van der Waals surface area contributed by atoms with Crippen LogP contribution in [0.2, 0.25) is 0 Å². The number of hydrogen-bond donors (Lipinski definition) is 0. The van der Waals surface area contributed by atoms with Gasteiger partial charge in [0.1, 0.15) is 0 Å². The first-order valence-electron chi connectivity index (χ1n) is 0.924. The van der Waals surface area contributed by atoms with Gasteiger partial charge in [-0.3, -0.25) is 0 Å². The fourth-order valence-electron chi connectivity index (χ4n) is 0. The Hall–Kier alpha value is -1.09. The molecular formula is C2H3N3. The van der Waals surface area contributed by atoms with Gasteiger partial charge in [0.15, 0.2) is 0 Å². The highest BCUT2D eigenvalue weighted by atomic mass is 14.6. The van der Waals surface area contributed by atoms with E-state index in [0.717, 1.165) is 0 Å². The van der Waals surface area contributed by atoms with Gasteiger partial charge >= 0.3 is 0 Å². The molecule has 0 atom stereocenters. The van der Waals surface area contributed by atoms with Crippen molar-refractivity contribution in [3.63, 3.8) is 0 Å². The van der Waals surface area contributed by atoms with Crippen molar-refractivity contribution in [2.75, 3.05) is 0 Å². The maximum atomic E-state index is 7.32. The van der Waals surface area contributed by atoms with Gasteiger partial charge in [0, 0.05) is 17.7 Å². The summed E-state index contributed by atoms with van der Waals surface area (Å²) in [6, 6.07) is 1.75. The van der Waals surface area contributed by atoms with Crippen molar-refractivity contribution in [2.24, 2.45) is 0 Å². The lowest BCUT2D eigenvalue weighted by Gasteiger charge is -1.15. The average molecular weight is 69.1 g/mol. The summed E-state index contributed by atoms with van der Waals surface area (Å²) in [5.74, 6) is 0. The van der Waals surface area contributed by atoms with E-state index in [1.807, 2.05) is 0 Å². The normalized spacial score (nSPS) is 2.00. The Morgan fingerprint density at radius 2 is 1.40 bits per heavy atom. The van der Waals surface area contributed by atoms with Crippen molar-refractivity contribution < 1.29 is 0 Å². The van der Waals surface area contributed by atoms with E-state index in [-0.39, 0.29) is 0 Å². The molecule has 0 rings (SSSR count). The van der Waals surface area contributed by atoms with E-state index >= 15 is 0 Å². The highest BCUT2D eigenvalue weighted by Gasteiger charge is 1.17. The van der Waals surface area contributed by atoms with Gasteiger partial charge in [0.2, 0.25) is 0 Å². The monoisotopic (exact) mass is 69.0 g/mol. The molecule has 3 heteroatoms. The zero-order valence-electron chi connectivity index (χ0n) is 2.84. The Balaban J connectivity index is 0. The van der Waals surface area contributed by atoms with Crippen LogP contribution in [-0.2, 0) is 0 Å². The maximum absolute atomic E-state index is 7.32. The van der Waals surface area contributed by atoms with Gasteiger partial charge in [-0.05, 0) is 0 Å². The van der Waals surface area contributed by atoms with Gasteiger partial charge in [-0.25, -0.2) is 0 Å². The standard InChI is InChI=1S/C2H3N.N2/c1-2-3;1-2/h1H3;. The summed E-state index contributed by atoms with van der Waals surface area (Å²) < 4.78 is 0. The molecule has 5 heavy (non-hydrogen) atoms. The van der Waals surface area contributed by atoms with E-state index in [1.54, 1.807) is 6.07 Å². The van der Waals surface area contributed by atoms with Crippen LogP contribution in [0, 0.1) is 22.1 Å². The number of hydrogen-bond acceptors (Lipinski definition) is 3.